The Morgan fingerprint density at radius 2 is 1.88 bits per heavy atom. The van der Waals surface area contributed by atoms with Gasteiger partial charge in [-0.15, -0.1) is 18.3 Å². The third-order valence-electron chi connectivity index (χ3n) is 5.83. The Balaban J connectivity index is 1.31. The summed E-state index contributed by atoms with van der Waals surface area (Å²) in [5.74, 6) is -1.81. The number of nitrogens with zero attached hydrogens (tertiary/aromatic N) is 6. The number of nitro groups is 1. The number of amides is 3. The molecule has 43 heavy (non-hydrogen) atoms. The lowest BCUT2D eigenvalue weighted by Crippen LogP contribution is -2.31. The molecule has 0 radical (unpaired) electrons. The highest BCUT2D eigenvalue weighted by atomic mass is 32.2. The Morgan fingerprint density at radius 3 is 2.56 bits per heavy atom. The zero-order chi connectivity index (χ0) is 30.9. The van der Waals surface area contributed by atoms with Crippen molar-refractivity contribution in [1.82, 2.24) is 14.8 Å². The Morgan fingerprint density at radius 1 is 1.14 bits per heavy atom. The molecule has 4 aromatic rings. The van der Waals surface area contributed by atoms with Crippen LogP contribution in [0.4, 0.5) is 39.4 Å². The van der Waals surface area contributed by atoms with E-state index in [0.29, 0.717) is 11.3 Å². The number of benzene rings is 3. The molecule has 0 spiro atoms. The smallest absolute Gasteiger partial charge is 0.406 e. The van der Waals surface area contributed by atoms with E-state index in [-0.39, 0.29) is 39.4 Å². The number of thioether (sulfide) groups is 1. The Labute approximate surface area is 243 Å². The molecule has 0 atom stereocenters. The zero-order valence-electron chi connectivity index (χ0n) is 21.7. The standard InChI is InChI=1S/C26H17F4N7O5S/c1-14-2-9-20(37(40)41)21(10-14)36-22(38)12-43-25(36)33-24(39)32-19-8-3-15(11-18(19)27)23-31-13-35(34-23)16-4-6-17(7-5-16)42-26(28,29)30/h2-11,13H,12H2,1H3,(H,32,39). The van der Waals surface area contributed by atoms with E-state index in [4.69, 9.17) is 0 Å². The highest BCUT2D eigenvalue weighted by Crippen LogP contribution is 2.35. The van der Waals surface area contributed by atoms with Crippen molar-refractivity contribution in [3.63, 3.8) is 0 Å². The van der Waals surface area contributed by atoms with E-state index < -0.39 is 34.8 Å². The molecule has 0 bridgehead atoms. The Hall–Kier alpha value is -5.32. The van der Waals surface area contributed by atoms with E-state index in [1.807, 2.05) is 0 Å². The lowest BCUT2D eigenvalue weighted by Gasteiger charge is -2.16. The number of hydrogen-bond donors (Lipinski definition) is 1. The van der Waals surface area contributed by atoms with Gasteiger partial charge in [-0.3, -0.25) is 19.8 Å². The number of alkyl halides is 3. The van der Waals surface area contributed by atoms with Crippen molar-refractivity contribution in [1.29, 1.82) is 0 Å². The van der Waals surface area contributed by atoms with Crippen molar-refractivity contribution in [3.8, 4) is 22.8 Å². The van der Waals surface area contributed by atoms with Gasteiger partial charge in [-0.2, -0.15) is 4.99 Å². The molecule has 1 N–H and O–H groups in total. The van der Waals surface area contributed by atoms with Crippen LogP contribution in [-0.4, -0.2) is 48.9 Å². The number of aliphatic imine (C=N–C) groups is 1. The van der Waals surface area contributed by atoms with Crippen LogP contribution in [0.1, 0.15) is 5.56 Å². The first kappa shape index (κ1) is 29.2. The van der Waals surface area contributed by atoms with Crippen LogP contribution in [-0.2, 0) is 4.79 Å². The number of carbonyl (C=O) groups excluding carboxylic acids is 2. The molecule has 2 heterocycles. The molecule has 1 saturated heterocycles. The quantitative estimate of drug-likeness (QED) is 0.161. The second-order valence-electron chi connectivity index (χ2n) is 8.84. The van der Waals surface area contributed by atoms with Crippen molar-refractivity contribution in [3.05, 3.63) is 88.5 Å². The van der Waals surface area contributed by atoms with Gasteiger partial charge in [0, 0.05) is 11.6 Å². The number of urea groups is 1. The minimum absolute atomic E-state index is 0.0420. The molecule has 1 aliphatic rings. The zero-order valence-corrected chi connectivity index (χ0v) is 22.5. The summed E-state index contributed by atoms with van der Waals surface area (Å²) in [6.07, 6.45) is -3.55. The third-order valence-corrected chi connectivity index (χ3v) is 6.75. The fourth-order valence-corrected chi connectivity index (χ4v) is 4.81. The van der Waals surface area contributed by atoms with Crippen LogP contribution in [0.15, 0.2) is 72.0 Å². The van der Waals surface area contributed by atoms with Gasteiger partial charge >= 0.3 is 12.4 Å². The fourth-order valence-electron chi connectivity index (χ4n) is 3.95. The van der Waals surface area contributed by atoms with E-state index in [2.05, 4.69) is 25.1 Å². The van der Waals surface area contributed by atoms with Crippen molar-refractivity contribution in [2.75, 3.05) is 16.0 Å². The summed E-state index contributed by atoms with van der Waals surface area (Å²) in [5.41, 5.74) is 0.598. The summed E-state index contributed by atoms with van der Waals surface area (Å²) in [5, 5.41) is 17.9. The molecule has 0 unspecified atom stereocenters. The van der Waals surface area contributed by atoms with Crippen molar-refractivity contribution < 1.29 is 36.8 Å². The summed E-state index contributed by atoms with van der Waals surface area (Å²) in [7, 11) is 0. The second-order valence-corrected chi connectivity index (χ2v) is 9.78. The molecule has 220 valence electrons. The number of amidine groups is 1. The number of nitro benzene ring substituents is 1. The lowest BCUT2D eigenvalue weighted by molar-refractivity contribution is -0.384. The molecule has 0 saturated carbocycles. The van der Waals surface area contributed by atoms with Gasteiger partial charge in [0.15, 0.2) is 11.0 Å². The number of hydrogen-bond acceptors (Lipinski definition) is 8. The van der Waals surface area contributed by atoms with Gasteiger partial charge in [0.25, 0.3) is 5.69 Å². The molecule has 12 nitrogen and oxygen atoms in total. The number of aromatic nitrogens is 3. The van der Waals surface area contributed by atoms with Crippen LogP contribution in [0.2, 0.25) is 0 Å². The second kappa shape index (κ2) is 11.5. The Bertz CT molecular complexity index is 1780. The summed E-state index contributed by atoms with van der Waals surface area (Å²) >= 11 is 0.899. The molecule has 1 aromatic heterocycles. The van der Waals surface area contributed by atoms with Crippen LogP contribution in [0, 0.1) is 22.9 Å². The number of rotatable bonds is 6. The van der Waals surface area contributed by atoms with Gasteiger partial charge in [0.2, 0.25) is 5.91 Å². The average Bonchev–Trinajstić information content (AvgIpc) is 3.56. The number of ether oxygens (including phenoxy) is 1. The van der Waals surface area contributed by atoms with Gasteiger partial charge < -0.3 is 10.1 Å². The minimum Gasteiger partial charge on any atom is -0.406 e. The molecule has 1 fully saturated rings. The normalized spacial score (nSPS) is 14.3. The molecule has 17 heteroatoms. The number of carbonyl (C=O) groups is 2. The third kappa shape index (κ3) is 6.61. The highest BCUT2D eigenvalue weighted by Gasteiger charge is 2.35. The molecule has 1 aliphatic heterocycles. The molecular formula is C26H17F4N7O5S. The first-order chi connectivity index (χ1) is 20.4. The monoisotopic (exact) mass is 615 g/mol. The predicted molar refractivity (Wildman–Crippen MR) is 148 cm³/mol. The van der Waals surface area contributed by atoms with Crippen LogP contribution in [0.3, 0.4) is 0 Å². The predicted octanol–water partition coefficient (Wildman–Crippen LogP) is 5.86. The minimum atomic E-state index is -4.83. The Kier molecular flexibility index (Phi) is 7.81. The van der Waals surface area contributed by atoms with Crippen molar-refractivity contribution >= 4 is 45.9 Å². The topological polar surface area (TPSA) is 145 Å². The largest absolute Gasteiger partial charge is 0.573 e. The van der Waals surface area contributed by atoms with Gasteiger partial charge in [0.1, 0.15) is 23.6 Å². The average molecular weight is 616 g/mol. The molecule has 0 aliphatic carbocycles. The fraction of sp³-hybridized carbons (Fsp3) is 0.115. The van der Waals surface area contributed by atoms with E-state index >= 15 is 0 Å². The number of anilines is 2. The van der Waals surface area contributed by atoms with Crippen LogP contribution in [0.25, 0.3) is 17.1 Å². The molecule has 3 amide bonds. The lowest BCUT2D eigenvalue weighted by atomic mass is 10.2. The first-order valence-electron chi connectivity index (χ1n) is 12.1. The van der Waals surface area contributed by atoms with Gasteiger partial charge in [-0.05, 0) is 61.0 Å². The summed E-state index contributed by atoms with van der Waals surface area (Å²) < 4.78 is 57.2. The highest BCUT2D eigenvalue weighted by molar-refractivity contribution is 8.15. The summed E-state index contributed by atoms with van der Waals surface area (Å²) in [6, 6.07) is 11.7. The molecule has 5 rings (SSSR count). The maximum Gasteiger partial charge on any atom is 0.573 e. The van der Waals surface area contributed by atoms with Crippen molar-refractivity contribution in [2.45, 2.75) is 13.3 Å². The van der Waals surface area contributed by atoms with E-state index in [9.17, 15) is 37.3 Å². The van der Waals surface area contributed by atoms with E-state index in [1.165, 1.54) is 53.5 Å². The SMILES string of the molecule is Cc1ccc([N+](=O)[O-])c(N2C(=O)CSC2=NC(=O)Nc2ccc(-c3ncn(-c4ccc(OC(F)(F)F)cc4)n3)cc2F)c1. The van der Waals surface area contributed by atoms with Gasteiger partial charge in [-0.25, -0.2) is 18.9 Å². The first-order valence-corrected chi connectivity index (χ1v) is 13.0. The maximum absolute atomic E-state index is 14.9. The van der Waals surface area contributed by atoms with Crippen LogP contribution < -0.4 is 15.0 Å². The number of aryl methyl sites for hydroxylation is 1. The summed E-state index contributed by atoms with van der Waals surface area (Å²) in [6.45, 7) is 1.69. The van der Waals surface area contributed by atoms with Gasteiger partial charge in [0.05, 0.1) is 22.1 Å². The molecular weight excluding hydrogens is 598 g/mol. The van der Waals surface area contributed by atoms with E-state index in [0.717, 1.165) is 34.9 Å². The number of nitrogens with one attached hydrogen (secondary N) is 1. The van der Waals surface area contributed by atoms with Gasteiger partial charge in [-0.1, -0.05) is 17.8 Å². The van der Waals surface area contributed by atoms with Crippen molar-refractivity contribution in [2.24, 2.45) is 4.99 Å². The maximum atomic E-state index is 14.9. The number of halogens is 4. The molecule has 3 aromatic carbocycles. The summed E-state index contributed by atoms with van der Waals surface area (Å²) in [4.78, 5) is 45.0. The van der Waals surface area contributed by atoms with Crippen LogP contribution >= 0.6 is 11.8 Å². The van der Waals surface area contributed by atoms with Crippen LogP contribution in [0.5, 0.6) is 5.75 Å². The van der Waals surface area contributed by atoms with E-state index in [1.54, 1.807) is 6.92 Å².